The lowest BCUT2D eigenvalue weighted by molar-refractivity contribution is 0.0438. The Kier molecular flexibility index (Phi) is 5.16. The Bertz CT molecular complexity index is 110. The molecule has 66 valence electrons. The largest absolute Gasteiger partial charge is 0.396 e. The predicted molar refractivity (Wildman–Crippen MR) is 46.2 cm³/mol. The molecule has 2 nitrogen and oxygen atoms in total. The van der Waals surface area contributed by atoms with Gasteiger partial charge in [0, 0.05) is 12.5 Å². The minimum atomic E-state index is -0.447. The first-order valence-electron chi connectivity index (χ1n) is 4.03. The summed E-state index contributed by atoms with van der Waals surface area (Å²) in [6.07, 6.45) is 1.79. The lowest BCUT2D eigenvalue weighted by Gasteiger charge is -2.23. The van der Waals surface area contributed by atoms with Crippen molar-refractivity contribution >= 4 is 0 Å². The van der Waals surface area contributed by atoms with Crippen LogP contribution in [0, 0.1) is 11.8 Å². The third kappa shape index (κ3) is 3.54. The van der Waals surface area contributed by atoms with Crippen LogP contribution in [0.4, 0.5) is 0 Å². The molecule has 0 aliphatic heterocycles. The summed E-state index contributed by atoms with van der Waals surface area (Å²) in [4.78, 5) is 0. The van der Waals surface area contributed by atoms with Crippen LogP contribution in [0.3, 0.4) is 0 Å². The van der Waals surface area contributed by atoms with E-state index in [1.165, 1.54) is 0 Å². The average Bonchev–Trinajstić information content (AvgIpc) is 1.88. The summed E-state index contributed by atoms with van der Waals surface area (Å²) in [5, 5.41) is 18.3. The van der Waals surface area contributed by atoms with Crippen molar-refractivity contribution in [2.75, 3.05) is 6.61 Å². The van der Waals surface area contributed by atoms with Crippen molar-refractivity contribution in [3.63, 3.8) is 0 Å². The van der Waals surface area contributed by atoms with E-state index in [1.54, 1.807) is 6.08 Å². The quantitative estimate of drug-likeness (QED) is 0.590. The smallest absolute Gasteiger partial charge is 0.0627 e. The molecular weight excluding hydrogens is 140 g/mol. The first-order valence-corrected chi connectivity index (χ1v) is 4.03. The topological polar surface area (TPSA) is 40.5 Å². The third-order valence-electron chi connectivity index (χ3n) is 1.97. The van der Waals surface area contributed by atoms with E-state index in [1.807, 2.05) is 13.8 Å². The standard InChI is InChI=1S/C9H18O2/c1-4-5-9(11)8(6-10)7(2)3/h4,7-11H,1,5-6H2,2-3H3/t8-,9+/m1/s1. The summed E-state index contributed by atoms with van der Waals surface area (Å²) < 4.78 is 0. The molecular formula is C9H18O2. The van der Waals surface area contributed by atoms with Gasteiger partial charge in [-0.3, -0.25) is 0 Å². The summed E-state index contributed by atoms with van der Waals surface area (Å²) in [6, 6.07) is 0. The van der Waals surface area contributed by atoms with Crippen LogP contribution >= 0.6 is 0 Å². The van der Waals surface area contributed by atoms with Crippen molar-refractivity contribution in [1.29, 1.82) is 0 Å². The Morgan fingerprint density at radius 1 is 1.45 bits per heavy atom. The first-order chi connectivity index (χ1) is 5.13. The molecule has 0 aliphatic rings. The maximum atomic E-state index is 9.45. The van der Waals surface area contributed by atoms with Crippen LogP contribution in [0.2, 0.25) is 0 Å². The van der Waals surface area contributed by atoms with E-state index in [0.717, 1.165) is 0 Å². The van der Waals surface area contributed by atoms with Gasteiger partial charge in [0.25, 0.3) is 0 Å². The molecule has 0 aromatic carbocycles. The van der Waals surface area contributed by atoms with Crippen molar-refractivity contribution < 1.29 is 10.2 Å². The molecule has 0 bridgehead atoms. The van der Waals surface area contributed by atoms with E-state index >= 15 is 0 Å². The highest BCUT2D eigenvalue weighted by Gasteiger charge is 2.20. The number of rotatable bonds is 5. The molecule has 0 aromatic heterocycles. The summed E-state index contributed by atoms with van der Waals surface area (Å²) in [5.41, 5.74) is 0. The van der Waals surface area contributed by atoms with E-state index in [9.17, 15) is 5.11 Å². The van der Waals surface area contributed by atoms with Gasteiger partial charge in [-0.25, -0.2) is 0 Å². The monoisotopic (exact) mass is 158 g/mol. The van der Waals surface area contributed by atoms with Crippen molar-refractivity contribution in [3.8, 4) is 0 Å². The molecule has 0 saturated heterocycles. The van der Waals surface area contributed by atoms with Crippen LogP contribution < -0.4 is 0 Å². The zero-order valence-corrected chi connectivity index (χ0v) is 7.33. The van der Waals surface area contributed by atoms with Crippen LogP contribution in [0.5, 0.6) is 0 Å². The Morgan fingerprint density at radius 2 is 2.00 bits per heavy atom. The number of hydrogen-bond donors (Lipinski definition) is 2. The van der Waals surface area contributed by atoms with Crippen molar-refractivity contribution in [3.05, 3.63) is 12.7 Å². The molecule has 0 unspecified atom stereocenters. The number of aliphatic hydroxyl groups is 2. The third-order valence-corrected chi connectivity index (χ3v) is 1.97. The van der Waals surface area contributed by atoms with Crippen LogP contribution in [-0.4, -0.2) is 22.9 Å². The maximum absolute atomic E-state index is 9.45. The second kappa shape index (κ2) is 5.33. The highest BCUT2D eigenvalue weighted by molar-refractivity contribution is 4.78. The fraction of sp³-hybridized carbons (Fsp3) is 0.778. The van der Waals surface area contributed by atoms with E-state index in [4.69, 9.17) is 5.11 Å². The van der Waals surface area contributed by atoms with Gasteiger partial charge in [-0.05, 0) is 12.3 Å². The lowest BCUT2D eigenvalue weighted by atomic mass is 9.89. The van der Waals surface area contributed by atoms with Crippen LogP contribution in [0.25, 0.3) is 0 Å². The second-order valence-electron chi connectivity index (χ2n) is 3.18. The molecule has 0 heterocycles. The Balaban J connectivity index is 3.90. The summed E-state index contributed by atoms with van der Waals surface area (Å²) in [7, 11) is 0. The summed E-state index contributed by atoms with van der Waals surface area (Å²) >= 11 is 0. The van der Waals surface area contributed by atoms with E-state index in [0.29, 0.717) is 12.3 Å². The normalized spacial score (nSPS) is 16.5. The Hall–Kier alpha value is -0.340. The second-order valence-corrected chi connectivity index (χ2v) is 3.18. The highest BCUT2D eigenvalue weighted by atomic mass is 16.3. The van der Waals surface area contributed by atoms with Crippen molar-refractivity contribution in [1.82, 2.24) is 0 Å². The van der Waals surface area contributed by atoms with Gasteiger partial charge in [0.2, 0.25) is 0 Å². The van der Waals surface area contributed by atoms with E-state index < -0.39 is 6.10 Å². The van der Waals surface area contributed by atoms with Crippen molar-refractivity contribution in [2.45, 2.75) is 26.4 Å². The molecule has 0 rings (SSSR count). The molecule has 0 aromatic rings. The predicted octanol–water partition coefficient (Wildman–Crippen LogP) is 1.19. The molecule has 2 N–H and O–H groups in total. The zero-order valence-electron chi connectivity index (χ0n) is 7.33. The highest BCUT2D eigenvalue weighted by Crippen LogP contribution is 2.16. The molecule has 0 radical (unpaired) electrons. The van der Waals surface area contributed by atoms with Crippen LogP contribution in [0.1, 0.15) is 20.3 Å². The SMILES string of the molecule is C=CC[C@H](O)[C@H](CO)C(C)C. The van der Waals surface area contributed by atoms with E-state index in [-0.39, 0.29) is 12.5 Å². The van der Waals surface area contributed by atoms with Crippen LogP contribution in [0.15, 0.2) is 12.7 Å². The molecule has 2 heteroatoms. The lowest BCUT2D eigenvalue weighted by Crippen LogP contribution is -2.27. The average molecular weight is 158 g/mol. The fourth-order valence-electron chi connectivity index (χ4n) is 1.12. The summed E-state index contributed by atoms with van der Waals surface area (Å²) in [5.74, 6) is 0.294. The Labute approximate surface area is 68.6 Å². The molecule has 2 atom stereocenters. The van der Waals surface area contributed by atoms with Gasteiger partial charge < -0.3 is 10.2 Å². The van der Waals surface area contributed by atoms with Crippen LogP contribution in [-0.2, 0) is 0 Å². The first kappa shape index (κ1) is 10.7. The van der Waals surface area contributed by atoms with Gasteiger partial charge in [0.15, 0.2) is 0 Å². The molecule has 0 saturated carbocycles. The van der Waals surface area contributed by atoms with Gasteiger partial charge in [0.1, 0.15) is 0 Å². The fourth-order valence-corrected chi connectivity index (χ4v) is 1.12. The maximum Gasteiger partial charge on any atom is 0.0627 e. The number of hydrogen-bond acceptors (Lipinski definition) is 2. The van der Waals surface area contributed by atoms with Gasteiger partial charge in [-0.1, -0.05) is 19.9 Å². The molecule has 11 heavy (non-hydrogen) atoms. The zero-order chi connectivity index (χ0) is 8.85. The summed E-state index contributed by atoms with van der Waals surface area (Å²) in [6.45, 7) is 7.57. The van der Waals surface area contributed by atoms with Gasteiger partial charge in [-0.2, -0.15) is 0 Å². The molecule has 0 amide bonds. The molecule has 0 spiro atoms. The van der Waals surface area contributed by atoms with Gasteiger partial charge >= 0.3 is 0 Å². The minimum absolute atomic E-state index is 0.0204. The molecule has 0 fully saturated rings. The molecule has 0 aliphatic carbocycles. The minimum Gasteiger partial charge on any atom is -0.396 e. The Morgan fingerprint density at radius 3 is 2.27 bits per heavy atom. The van der Waals surface area contributed by atoms with E-state index in [2.05, 4.69) is 6.58 Å². The van der Waals surface area contributed by atoms with Gasteiger partial charge in [0.05, 0.1) is 6.10 Å². The van der Waals surface area contributed by atoms with Crippen molar-refractivity contribution in [2.24, 2.45) is 11.8 Å². The number of aliphatic hydroxyl groups excluding tert-OH is 2. The van der Waals surface area contributed by atoms with Gasteiger partial charge in [-0.15, -0.1) is 6.58 Å².